The summed E-state index contributed by atoms with van der Waals surface area (Å²) < 4.78 is 3.43. The highest BCUT2D eigenvalue weighted by atomic mass is 15.3. The van der Waals surface area contributed by atoms with Crippen LogP contribution in [-0.4, -0.2) is 24.5 Å². The molecule has 0 aliphatic rings. The molecule has 0 aliphatic carbocycles. The van der Waals surface area contributed by atoms with Crippen LogP contribution in [-0.2, 0) is 7.05 Å². The highest BCUT2D eigenvalue weighted by molar-refractivity contribution is 5.73. The Bertz CT molecular complexity index is 710. The van der Waals surface area contributed by atoms with E-state index >= 15 is 0 Å². The Kier molecular flexibility index (Phi) is 2.56. The lowest BCUT2D eigenvalue weighted by molar-refractivity contribution is 0.756. The summed E-state index contributed by atoms with van der Waals surface area (Å²) in [5.74, 6) is 0.738. The summed E-state index contributed by atoms with van der Waals surface area (Å²) in [7, 11) is 1.88. The Morgan fingerprint density at radius 1 is 1.16 bits per heavy atom. The highest BCUT2D eigenvalue weighted by Crippen LogP contribution is 2.27. The third-order valence-corrected chi connectivity index (χ3v) is 2.90. The summed E-state index contributed by atoms with van der Waals surface area (Å²) in [6, 6.07) is 5.66. The lowest BCUT2D eigenvalue weighted by Gasteiger charge is -1.98. The van der Waals surface area contributed by atoms with E-state index in [9.17, 15) is 0 Å². The van der Waals surface area contributed by atoms with Gasteiger partial charge in [-0.2, -0.15) is 10.2 Å². The molecule has 3 aromatic heterocycles. The fourth-order valence-electron chi connectivity index (χ4n) is 2.04. The molecule has 3 rings (SSSR count). The number of nitrogens with two attached hydrogens (primary N) is 1. The molecule has 6 nitrogen and oxygen atoms in total. The molecular weight excluding hydrogens is 240 g/mol. The van der Waals surface area contributed by atoms with E-state index in [1.807, 2.05) is 38.4 Å². The first-order chi connectivity index (χ1) is 9.15. The zero-order valence-electron chi connectivity index (χ0n) is 10.8. The van der Waals surface area contributed by atoms with E-state index in [1.54, 1.807) is 21.8 Å². The van der Waals surface area contributed by atoms with Crippen molar-refractivity contribution in [3.63, 3.8) is 0 Å². The second-order valence-electron chi connectivity index (χ2n) is 4.37. The highest BCUT2D eigenvalue weighted by Gasteiger charge is 2.14. The normalized spacial score (nSPS) is 10.8. The van der Waals surface area contributed by atoms with Crippen LogP contribution in [0.25, 0.3) is 17.1 Å². The maximum Gasteiger partial charge on any atom is 0.153 e. The number of pyridine rings is 1. The Hall–Kier alpha value is -2.63. The zero-order chi connectivity index (χ0) is 13.4. The maximum atomic E-state index is 6.04. The van der Waals surface area contributed by atoms with Crippen LogP contribution in [0.3, 0.4) is 0 Å². The lowest BCUT2D eigenvalue weighted by atomic mass is 10.2. The number of nitrogens with zero attached hydrogens (tertiary/aromatic N) is 5. The molecule has 0 aromatic carbocycles. The van der Waals surface area contributed by atoms with Crippen LogP contribution < -0.4 is 5.73 Å². The van der Waals surface area contributed by atoms with Gasteiger partial charge in [0.15, 0.2) is 5.82 Å². The van der Waals surface area contributed by atoms with E-state index in [0.717, 1.165) is 22.8 Å². The molecule has 2 N–H and O–H groups in total. The van der Waals surface area contributed by atoms with Crippen molar-refractivity contribution < 1.29 is 0 Å². The van der Waals surface area contributed by atoms with Gasteiger partial charge in [0.1, 0.15) is 5.69 Å². The zero-order valence-corrected chi connectivity index (χ0v) is 10.8. The molecule has 0 aliphatic heterocycles. The van der Waals surface area contributed by atoms with Gasteiger partial charge < -0.3 is 5.73 Å². The lowest BCUT2D eigenvalue weighted by Crippen LogP contribution is -1.97. The van der Waals surface area contributed by atoms with Gasteiger partial charge in [-0.15, -0.1) is 0 Å². The van der Waals surface area contributed by atoms with Gasteiger partial charge in [0.2, 0.25) is 0 Å². The first-order valence-corrected chi connectivity index (χ1v) is 5.92. The van der Waals surface area contributed by atoms with Crippen molar-refractivity contribution in [2.75, 3.05) is 5.73 Å². The Labute approximate surface area is 110 Å². The van der Waals surface area contributed by atoms with E-state index in [-0.39, 0.29) is 0 Å². The molecule has 0 bridgehead atoms. The van der Waals surface area contributed by atoms with Gasteiger partial charge in [0.05, 0.1) is 17.6 Å². The number of aromatic nitrogens is 5. The topological polar surface area (TPSA) is 74.5 Å². The summed E-state index contributed by atoms with van der Waals surface area (Å²) in [5, 5.41) is 8.81. The summed E-state index contributed by atoms with van der Waals surface area (Å²) in [4.78, 5) is 4.25. The molecule has 19 heavy (non-hydrogen) atoms. The average Bonchev–Trinajstić information content (AvgIpc) is 2.93. The Morgan fingerprint density at radius 2 is 2.00 bits per heavy atom. The van der Waals surface area contributed by atoms with Crippen LogP contribution in [0.2, 0.25) is 0 Å². The van der Waals surface area contributed by atoms with Crippen molar-refractivity contribution in [3.05, 3.63) is 42.5 Å². The van der Waals surface area contributed by atoms with Crippen LogP contribution in [0.1, 0.15) is 5.69 Å². The number of nitrogen functional groups attached to an aromatic ring is 1. The molecule has 6 heteroatoms. The molecule has 0 saturated carbocycles. The third kappa shape index (κ3) is 1.97. The molecule has 0 saturated heterocycles. The van der Waals surface area contributed by atoms with Gasteiger partial charge in [-0.1, -0.05) is 6.07 Å². The summed E-state index contributed by atoms with van der Waals surface area (Å²) in [6.07, 6.45) is 5.41. The standard InChI is InChI=1S/C13H14N6/c1-9-10(7-18(2)16-9)13-11(14)8-19(17-13)12-5-3-4-6-15-12/h3-8H,14H2,1-2H3. The minimum Gasteiger partial charge on any atom is -0.396 e. The number of anilines is 1. The van der Waals surface area contributed by atoms with Gasteiger partial charge in [-0.25, -0.2) is 9.67 Å². The fraction of sp³-hybridized carbons (Fsp3) is 0.154. The van der Waals surface area contributed by atoms with Crippen molar-refractivity contribution in [3.8, 4) is 17.1 Å². The molecule has 96 valence electrons. The number of rotatable bonds is 2. The Balaban J connectivity index is 2.10. The van der Waals surface area contributed by atoms with E-state index in [4.69, 9.17) is 5.73 Å². The molecular formula is C13H14N6. The molecule has 0 fully saturated rings. The van der Waals surface area contributed by atoms with Crippen molar-refractivity contribution >= 4 is 5.69 Å². The molecule has 0 unspecified atom stereocenters. The number of aryl methyl sites for hydroxylation is 2. The van der Waals surface area contributed by atoms with Crippen molar-refractivity contribution in [2.45, 2.75) is 6.92 Å². The van der Waals surface area contributed by atoms with E-state index < -0.39 is 0 Å². The first kappa shape index (κ1) is 11.5. The van der Waals surface area contributed by atoms with Crippen LogP contribution in [0.4, 0.5) is 5.69 Å². The summed E-state index contributed by atoms with van der Waals surface area (Å²) >= 11 is 0. The Morgan fingerprint density at radius 3 is 2.63 bits per heavy atom. The average molecular weight is 254 g/mol. The van der Waals surface area contributed by atoms with Gasteiger partial charge in [0.25, 0.3) is 0 Å². The predicted octanol–water partition coefficient (Wildman–Crippen LogP) is 1.56. The molecule has 0 amide bonds. The number of hydrogen-bond acceptors (Lipinski definition) is 4. The largest absolute Gasteiger partial charge is 0.396 e. The van der Waals surface area contributed by atoms with E-state index in [2.05, 4.69) is 15.2 Å². The van der Waals surface area contributed by atoms with E-state index in [1.165, 1.54) is 0 Å². The fourth-order valence-corrected chi connectivity index (χ4v) is 2.04. The van der Waals surface area contributed by atoms with Crippen LogP contribution in [0.15, 0.2) is 36.8 Å². The van der Waals surface area contributed by atoms with Crippen molar-refractivity contribution in [2.24, 2.45) is 7.05 Å². The molecule has 0 atom stereocenters. The number of hydrogen-bond donors (Lipinski definition) is 1. The van der Waals surface area contributed by atoms with Crippen molar-refractivity contribution in [1.29, 1.82) is 0 Å². The van der Waals surface area contributed by atoms with Gasteiger partial charge in [-0.05, 0) is 19.1 Å². The molecule has 0 spiro atoms. The molecule has 0 radical (unpaired) electrons. The van der Waals surface area contributed by atoms with Gasteiger partial charge in [0, 0.05) is 25.0 Å². The quantitative estimate of drug-likeness (QED) is 0.753. The van der Waals surface area contributed by atoms with Crippen LogP contribution in [0.5, 0.6) is 0 Å². The SMILES string of the molecule is Cc1nn(C)cc1-c1nn(-c2ccccn2)cc1N. The van der Waals surface area contributed by atoms with Gasteiger partial charge in [-0.3, -0.25) is 4.68 Å². The minimum absolute atomic E-state index is 0.613. The van der Waals surface area contributed by atoms with Gasteiger partial charge >= 0.3 is 0 Å². The van der Waals surface area contributed by atoms with E-state index in [0.29, 0.717) is 5.69 Å². The maximum absolute atomic E-state index is 6.04. The van der Waals surface area contributed by atoms with Crippen molar-refractivity contribution in [1.82, 2.24) is 24.5 Å². The smallest absolute Gasteiger partial charge is 0.153 e. The minimum atomic E-state index is 0.613. The second-order valence-corrected chi connectivity index (χ2v) is 4.37. The molecule has 3 heterocycles. The molecule has 3 aromatic rings. The third-order valence-electron chi connectivity index (χ3n) is 2.90. The van der Waals surface area contributed by atoms with Crippen LogP contribution >= 0.6 is 0 Å². The first-order valence-electron chi connectivity index (χ1n) is 5.92. The monoisotopic (exact) mass is 254 g/mol. The predicted molar refractivity (Wildman–Crippen MR) is 72.7 cm³/mol. The van der Waals surface area contributed by atoms with Crippen LogP contribution in [0, 0.1) is 6.92 Å². The summed E-state index contributed by atoms with van der Waals surface area (Å²) in [5.41, 5.74) is 9.23. The second kappa shape index (κ2) is 4.24. The summed E-state index contributed by atoms with van der Waals surface area (Å²) in [6.45, 7) is 1.94.